The minimum absolute atomic E-state index is 0.203. The van der Waals surface area contributed by atoms with Gasteiger partial charge in [0.15, 0.2) is 0 Å². The molecule has 64 valence electrons. The number of hydrogen-bond donors (Lipinski definition) is 2. The lowest BCUT2D eigenvalue weighted by molar-refractivity contribution is -0.130. The Morgan fingerprint density at radius 1 is 1.27 bits per heavy atom. The summed E-state index contributed by atoms with van der Waals surface area (Å²) >= 11 is 0. The highest BCUT2D eigenvalue weighted by Gasteiger charge is 2.17. The highest BCUT2D eigenvalue weighted by atomic mass is 16.3. The molecule has 0 amide bonds. The first-order valence-corrected chi connectivity index (χ1v) is 3.35. The molecular weight excluding hydrogens is 148 g/mol. The largest absolute Gasteiger partial charge is 0.396 e. The summed E-state index contributed by atoms with van der Waals surface area (Å²) in [7, 11) is 0. The van der Waals surface area contributed by atoms with Crippen LogP contribution in [0.25, 0.3) is 0 Å². The van der Waals surface area contributed by atoms with Crippen molar-refractivity contribution in [1.29, 1.82) is 0 Å². The highest BCUT2D eigenvalue weighted by Crippen LogP contribution is 1.99. The van der Waals surface area contributed by atoms with E-state index in [0.717, 1.165) is 0 Å². The average molecular weight is 160 g/mol. The fourth-order valence-corrected chi connectivity index (χ4v) is 0.651. The Balaban J connectivity index is 3.89. The number of carbonyl (C=O) groups excluding carboxylic acids is 2. The fourth-order valence-electron chi connectivity index (χ4n) is 0.651. The van der Waals surface area contributed by atoms with Gasteiger partial charge in [-0.15, -0.1) is 0 Å². The van der Waals surface area contributed by atoms with Crippen molar-refractivity contribution >= 4 is 11.6 Å². The molecule has 0 spiro atoms. The molecule has 0 saturated carbocycles. The minimum atomic E-state index is -0.793. The van der Waals surface area contributed by atoms with E-state index in [4.69, 9.17) is 10.2 Å². The third-order valence-corrected chi connectivity index (χ3v) is 1.32. The Morgan fingerprint density at radius 2 is 1.73 bits per heavy atom. The van der Waals surface area contributed by atoms with E-state index in [1.807, 2.05) is 0 Å². The molecule has 4 heteroatoms. The van der Waals surface area contributed by atoms with E-state index >= 15 is 0 Å². The molecule has 4 nitrogen and oxygen atoms in total. The van der Waals surface area contributed by atoms with Gasteiger partial charge in [0.05, 0.1) is 25.6 Å². The first kappa shape index (κ1) is 10.3. The number of aliphatic hydroxyl groups is 2. The van der Waals surface area contributed by atoms with Gasteiger partial charge in [0.25, 0.3) is 0 Å². The lowest BCUT2D eigenvalue weighted by Crippen LogP contribution is -2.23. The zero-order valence-corrected chi connectivity index (χ0v) is 6.41. The Bertz CT molecular complexity index is 149. The van der Waals surface area contributed by atoms with Gasteiger partial charge in [-0.1, -0.05) is 0 Å². The van der Waals surface area contributed by atoms with Crippen molar-refractivity contribution in [3.63, 3.8) is 0 Å². The van der Waals surface area contributed by atoms with E-state index in [2.05, 4.69) is 0 Å². The van der Waals surface area contributed by atoms with Gasteiger partial charge in [-0.3, -0.25) is 9.59 Å². The van der Waals surface area contributed by atoms with Gasteiger partial charge < -0.3 is 10.2 Å². The van der Waals surface area contributed by atoms with Gasteiger partial charge in [-0.2, -0.15) is 0 Å². The van der Waals surface area contributed by atoms with Gasteiger partial charge in [0.2, 0.25) is 0 Å². The molecule has 0 aliphatic heterocycles. The average Bonchev–Trinajstić information content (AvgIpc) is 1.88. The molecule has 11 heavy (non-hydrogen) atoms. The third-order valence-electron chi connectivity index (χ3n) is 1.32. The van der Waals surface area contributed by atoms with Crippen LogP contribution < -0.4 is 0 Å². The van der Waals surface area contributed by atoms with Crippen LogP contribution in [0.3, 0.4) is 0 Å². The molecule has 0 aromatic heterocycles. The standard InChI is InChI=1S/C7H12O4/c1-5(10)2-7(11)6(3-8)4-9/h6,8-9H,2-4H2,1H3. The van der Waals surface area contributed by atoms with E-state index in [1.54, 1.807) is 0 Å². The predicted octanol–water partition coefficient (Wildman–Crippen LogP) is -0.865. The maximum Gasteiger partial charge on any atom is 0.147 e. The topological polar surface area (TPSA) is 74.6 Å². The van der Waals surface area contributed by atoms with Crippen LogP contribution in [0.1, 0.15) is 13.3 Å². The number of hydrogen-bond acceptors (Lipinski definition) is 4. The molecule has 0 unspecified atom stereocenters. The third kappa shape index (κ3) is 3.85. The van der Waals surface area contributed by atoms with Crippen LogP contribution in [-0.2, 0) is 9.59 Å². The fraction of sp³-hybridized carbons (Fsp3) is 0.714. The molecule has 0 fully saturated rings. The number of aliphatic hydroxyl groups excluding tert-OH is 2. The monoisotopic (exact) mass is 160 g/mol. The van der Waals surface area contributed by atoms with Gasteiger partial charge in [-0.25, -0.2) is 0 Å². The van der Waals surface area contributed by atoms with Crippen LogP contribution in [-0.4, -0.2) is 35.0 Å². The molecule has 0 aromatic rings. The van der Waals surface area contributed by atoms with Crippen LogP contribution in [0.2, 0.25) is 0 Å². The summed E-state index contributed by atoms with van der Waals surface area (Å²) in [6.45, 7) is 0.495. The lowest BCUT2D eigenvalue weighted by Gasteiger charge is -2.06. The van der Waals surface area contributed by atoms with E-state index in [0.29, 0.717) is 0 Å². The zero-order chi connectivity index (χ0) is 8.85. The summed E-state index contributed by atoms with van der Waals surface area (Å²) in [6.07, 6.45) is -0.203. The molecule has 0 saturated heterocycles. The predicted molar refractivity (Wildman–Crippen MR) is 38.0 cm³/mol. The van der Waals surface area contributed by atoms with E-state index in [9.17, 15) is 9.59 Å². The number of ketones is 2. The Hall–Kier alpha value is -0.740. The Morgan fingerprint density at radius 3 is 2.00 bits per heavy atom. The second-order valence-electron chi connectivity index (χ2n) is 2.41. The molecule has 0 aliphatic rings. The van der Waals surface area contributed by atoms with Crippen LogP contribution in [0.4, 0.5) is 0 Å². The van der Waals surface area contributed by atoms with Gasteiger partial charge in [0, 0.05) is 0 Å². The van der Waals surface area contributed by atoms with Gasteiger partial charge in [-0.05, 0) is 6.92 Å². The van der Waals surface area contributed by atoms with E-state index in [-0.39, 0.29) is 12.2 Å². The first-order chi connectivity index (χ1) is 5.11. The quantitative estimate of drug-likeness (QED) is 0.513. The molecule has 0 rings (SSSR count). The van der Waals surface area contributed by atoms with Crippen molar-refractivity contribution < 1.29 is 19.8 Å². The molecular formula is C7H12O4. The molecule has 0 radical (unpaired) electrons. The molecule has 0 aliphatic carbocycles. The van der Waals surface area contributed by atoms with Crippen LogP contribution in [0.5, 0.6) is 0 Å². The van der Waals surface area contributed by atoms with Crippen molar-refractivity contribution in [2.75, 3.05) is 13.2 Å². The lowest BCUT2D eigenvalue weighted by atomic mass is 10.0. The summed E-state index contributed by atoms with van der Waals surface area (Å²) in [5.74, 6) is -1.44. The minimum Gasteiger partial charge on any atom is -0.396 e. The summed E-state index contributed by atoms with van der Waals surface area (Å²) in [5.41, 5.74) is 0. The van der Waals surface area contributed by atoms with Crippen molar-refractivity contribution in [2.45, 2.75) is 13.3 Å². The van der Waals surface area contributed by atoms with Crippen molar-refractivity contribution in [3.05, 3.63) is 0 Å². The van der Waals surface area contributed by atoms with Crippen LogP contribution in [0.15, 0.2) is 0 Å². The number of Topliss-reactive ketones (excluding diaryl/α,β-unsaturated/α-hetero) is 2. The zero-order valence-electron chi connectivity index (χ0n) is 6.41. The molecule has 0 heterocycles. The Kier molecular flexibility index (Phi) is 4.65. The van der Waals surface area contributed by atoms with E-state index in [1.165, 1.54) is 6.92 Å². The molecule has 2 N–H and O–H groups in total. The SMILES string of the molecule is CC(=O)CC(=O)C(CO)CO. The summed E-state index contributed by atoms with van der Waals surface area (Å²) in [5, 5.41) is 17.0. The van der Waals surface area contributed by atoms with Crippen molar-refractivity contribution in [2.24, 2.45) is 5.92 Å². The summed E-state index contributed by atoms with van der Waals surface area (Å²) in [6, 6.07) is 0. The maximum absolute atomic E-state index is 10.9. The van der Waals surface area contributed by atoms with Gasteiger partial charge >= 0.3 is 0 Å². The normalized spacial score (nSPS) is 10.2. The summed E-state index contributed by atoms with van der Waals surface area (Å²) in [4.78, 5) is 21.3. The number of rotatable bonds is 5. The Labute approximate surface area is 64.8 Å². The second-order valence-corrected chi connectivity index (χ2v) is 2.41. The molecule has 0 aromatic carbocycles. The van der Waals surface area contributed by atoms with Crippen LogP contribution in [0, 0.1) is 5.92 Å². The highest BCUT2D eigenvalue weighted by molar-refractivity contribution is 5.99. The number of carbonyl (C=O) groups is 2. The van der Waals surface area contributed by atoms with E-state index < -0.39 is 24.9 Å². The van der Waals surface area contributed by atoms with Gasteiger partial charge in [0.1, 0.15) is 11.6 Å². The summed E-state index contributed by atoms with van der Waals surface area (Å²) < 4.78 is 0. The maximum atomic E-state index is 10.9. The smallest absolute Gasteiger partial charge is 0.147 e. The molecule has 0 bridgehead atoms. The van der Waals surface area contributed by atoms with Crippen LogP contribution >= 0.6 is 0 Å². The first-order valence-electron chi connectivity index (χ1n) is 3.35. The molecule has 0 atom stereocenters. The van der Waals surface area contributed by atoms with Crippen molar-refractivity contribution in [3.8, 4) is 0 Å². The van der Waals surface area contributed by atoms with Crippen molar-refractivity contribution in [1.82, 2.24) is 0 Å². The second kappa shape index (κ2) is 4.98.